The van der Waals surface area contributed by atoms with Crippen molar-refractivity contribution < 1.29 is 19.1 Å². The molecule has 42 heavy (non-hydrogen) atoms. The Morgan fingerprint density at radius 2 is 1.64 bits per heavy atom. The molecule has 0 radical (unpaired) electrons. The van der Waals surface area contributed by atoms with Crippen LogP contribution in [0.15, 0.2) is 18.2 Å². The first-order valence-corrected chi connectivity index (χ1v) is 15.9. The Kier molecular flexibility index (Phi) is 9.38. The molecule has 0 aliphatic heterocycles. The molecule has 1 amide bonds. The summed E-state index contributed by atoms with van der Waals surface area (Å²) in [5, 5.41) is 6.03. The van der Waals surface area contributed by atoms with Crippen molar-refractivity contribution >= 4 is 17.9 Å². The molecule has 1 aromatic carbocycles. The zero-order valence-electron chi connectivity index (χ0n) is 26.1. The summed E-state index contributed by atoms with van der Waals surface area (Å²) >= 11 is 0. The molecule has 5 rings (SSSR count). The number of carbonyl (C=O) groups excluding carboxylic acids is 2. The van der Waals surface area contributed by atoms with E-state index in [1.54, 1.807) is 11.1 Å². The van der Waals surface area contributed by atoms with E-state index in [2.05, 4.69) is 33.8 Å². The van der Waals surface area contributed by atoms with E-state index in [0.717, 1.165) is 49.8 Å². The molecule has 2 aromatic rings. The third kappa shape index (κ3) is 8.01. The number of alkyl carbamates (subject to hydrolysis) is 1. The first-order chi connectivity index (χ1) is 20.1. The molecule has 1 heterocycles. The van der Waals surface area contributed by atoms with Gasteiger partial charge in [0.1, 0.15) is 23.3 Å². The van der Waals surface area contributed by atoms with Crippen molar-refractivity contribution in [2.45, 2.75) is 122 Å². The van der Waals surface area contributed by atoms with Crippen molar-refractivity contribution in [3.05, 3.63) is 52.0 Å². The molecular formula is C34H48N4O4. The Morgan fingerprint density at radius 1 is 0.952 bits per heavy atom. The Hall–Kier alpha value is -3.16. The quantitative estimate of drug-likeness (QED) is 0.321. The van der Waals surface area contributed by atoms with Gasteiger partial charge in [-0.2, -0.15) is 0 Å². The molecule has 2 N–H and O–H groups in total. The third-order valence-electron chi connectivity index (χ3n) is 8.86. The van der Waals surface area contributed by atoms with E-state index >= 15 is 0 Å². The minimum atomic E-state index is -0.916. The lowest BCUT2D eigenvalue weighted by Gasteiger charge is -2.30. The molecule has 3 aliphatic carbocycles. The van der Waals surface area contributed by atoms with Crippen LogP contribution in [0.25, 0.3) is 0 Å². The number of carbonyl (C=O) groups is 2. The van der Waals surface area contributed by atoms with Crippen molar-refractivity contribution in [2.24, 2.45) is 5.92 Å². The maximum absolute atomic E-state index is 13.0. The average Bonchev–Trinajstić information content (AvgIpc) is 3.79. The lowest BCUT2D eigenvalue weighted by Crippen LogP contribution is -2.48. The second-order valence-electron chi connectivity index (χ2n) is 13.6. The van der Waals surface area contributed by atoms with Crippen LogP contribution in [0.4, 0.5) is 10.6 Å². The lowest BCUT2D eigenvalue weighted by atomic mass is 9.76. The predicted molar refractivity (Wildman–Crippen MR) is 164 cm³/mol. The number of aryl methyl sites for hydroxylation is 3. The Labute approximate surface area is 250 Å². The highest BCUT2D eigenvalue weighted by Gasteiger charge is 2.30. The van der Waals surface area contributed by atoms with Crippen molar-refractivity contribution in [3.63, 3.8) is 0 Å². The Morgan fingerprint density at radius 3 is 2.33 bits per heavy atom. The van der Waals surface area contributed by atoms with Gasteiger partial charge in [0, 0.05) is 18.0 Å². The molecular weight excluding hydrogens is 528 g/mol. The van der Waals surface area contributed by atoms with Crippen LogP contribution in [-0.2, 0) is 27.1 Å². The average molecular weight is 577 g/mol. The second-order valence-corrected chi connectivity index (χ2v) is 13.6. The molecule has 8 heteroatoms. The number of benzene rings is 1. The van der Waals surface area contributed by atoms with E-state index in [9.17, 15) is 9.59 Å². The largest absolute Gasteiger partial charge is 0.458 e. The topological polar surface area (TPSA) is 102 Å². The standard InChI is InChI=1S/C34H48N4O4/c1-21-30(26-15-12-25(13-16-26)28-17-14-24-8-6-7-9-27(24)18-28)36-22(2)37-31(21)35-19-29(32(39)42-34(3,4)5)38-33(40)41-20-23-10-11-23/h14,17-18,23,25-26,29H,6-13,15-16,19-20H2,1-5H3,(H,38,40)(H,35,36,37)/t25?,26?,29-/m0/s1. The first-order valence-electron chi connectivity index (χ1n) is 15.9. The summed E-state index contributed by atoms with van der Waals surface area (Å²) < 4.78 is 10.9. The predicted octanol–water partition coefficient (Wildman–Crippen LogP) is 6.67. The number of fused-ring (bicyclic) bond motifs is 1. The molecule has 0 spiro atoms. The van der Waals surface area contributed by atoms with Crippen LogP contribution < -0.4 is 10.6 Å². The van der Waals surface area contributed by atoms with Crippen LogP contribution in [0, 0.1) is 19.8 Å². The number of ether oxygens (including phenoxy) is 2. The van der Waals surface area contributed by atoms with Gasteiger partial charge in [-0.05, 0) is 127 Å². The van der Waals surface area contributed by atoms with E-state index in [1.807, 2.05) is 34.6 Å². The highest BCUT2D eigenvalue weighted by atomic mass is 16.6. The summed E-state index contributed by atoms with van der Waals surface area (Å²) in [7, 11) is 0. The summed E-state index contributed by atoms with van der Waals surface area (Å²) in [5.74, 6) is 2.29. The molecule has 2 saturated carbocycles. The van der Waals surface area contributed by atoms with E-state index in [-0.39, 0.29) is 6.54 Å². The number of amides is 1. The minimum absolute atomic E-state index is 0.134. The summed E-state index contributed by atoms with van der Waals surface area (Å²) in [6.45, 7) is 9.90. The molecule has 3 aliphatic rings. The fourth-order valence-corrected chi connectivity index (χ4v) is 6.35. The van der Waals surface area contributed by atoms with Crippen LogP contribution in [0.2, 0.25) is 0 Å². The number of nitrogens with zero attached hydrogens (tertiary/aromatic N) is 2. The van der Waals surface area contributed by atoms with Gasteiger partial charge in [0.15, 0.2) is 0 Å². The molecule has 0 saturated heterocycles. The number of esters is 1. The zero-order valence-corrected chi connectivity index (χ0v) is 26.1. The van der Waals surface area contributed by atoms with Gasteiger partial charge in [-0.25, -0.2) is 19.6 Å². The Bertz CT molecular complexity index is 1280. The third-order valence-corrected chi connectivity index (χ3v) is 8.86. The number of rotatable bonds is 9. The van der Waals surface area contributed by atoms with Crippen LogP contribution in [0.1, 0.15) is 118 Å². The fraction of sp³-hybridized carbons (Fsp3) is 0.647. The number of hydrogen-bond acceptors (Lipinski definition) is 7. The summed E-state index contributed by atoms with van der Waals surface area (Å²) in [6, 6.07) is 6.31. The second kappa shape index (κ2) is 13.0. The van der Waals surface area contributed by atoms with Gasteiger partial charge in [0.05, 0.1) is 12.3 Å². The van der Waals surface area contributed by atoms with Gasteiger partial charge in [0.25, 0.3) is 0 Å². The molecule has 0 bridgehead atoms. The van der Waals surface area contributed by atoms with Gasteiger partial charge in [-0.15, -0.1) is 0 Å². The minimum Gasteiger partial charge on any atom is -0.458 e. The van der Waals surface area contributed by atoms with Crippen molar-refractivity contribution in [1.82, 2.24) is 15.3 Å². The van der Waals surface area contributed by atoms with Gasteiger partial charge in [-0.1, -0.05) is 18.2 Å². The monoisotopic (exact) mass is 576 g/mol. The van der Waals surface area contributed by atoms with Crippen molar-refractivity contribution in [1.29, 1.82) is 0 Å². The van der Waals surface area contributed by atoms with Crippen LogP contribution in [0.3, 0.4) is 0 Å². The fourth-order valence-electron chi connectivity index (χ4n) is 6.35. The van der Waals surface area contributed by atoms with Crippen molar-refractivity contribution in [2.75, 3.05) is 18.5 Å². The number of hydrogen-bond donors (Lipinski definition) is 2. The van der Waals surface area contributed by atoms with Crippen LogP contribution in [0.5, 0.6) is 0 Å². The van der Waals surface area contributed by atoms with E-state index < -0.39 is 23.7 Å². The molecule has 0 unspecified atom stereocenters. The zero-order chi connectivity index (χ0) is 29.9. The van der Waals surface area contributed by atoms with Gasteiger partial charge in [0.2, 0.25) is 0 Å². The Balaban J connectivity index is 1.23. The normalized spacial score (nSPS) is 21.2. The summed E-state index contributed by atoms with van der Waals surface area (Å²) in [4.78, 5) is 35.0. The summed E-state index contributed by atoms with van der Waals surface area (Å²) in [5.41, 5.74) is 6.01. The number of aromatic nitrogens is 2. The van der Waals surface area contributed by atoms with Crippen LogP contribution >= 0.6 is 0 Å². The van der Waals surface area contributed by atoms with Gasteiger partial charge >= 0.3 is 12.1 Å². The maximum Gasteiger partial charge on any atom is 0.407 e. The lowest BCUT2D eigenvalue weighted by molar-refractivity contribution is -0.156. The van der Waals surface area contributed by atoms with E-state index in [4.69, 9.17) is 14.5 Å². The summed E-state index contributed by atoms with van der Waals surface area (Å²) in [6.07, 6.45) is 11.1. The molecule has 2 fully saturated rings. The smallest absolute Gasteiger partial charge is 0.407 e. The number of anilines is 1. The van der Waals surface area contributed by atoms with Gasteiger partial charge < -0.3 is 20.1 Å². The molecule has 228 valence electrons. The highest BCUT2D eigenvalue weighted by molar-refractivity contribution is 5.82. The molecule has 8 nitrogen and oxygen atoms in total. The molecule has 1 aromatic heterocycles. The SMILES string of the molecule is Cc1nc(NC[C@H](NC(=O)OCC2CC2)C(=O)OC(C)(C)C)c(C)c(C2CCC(c3ccc4c(c3)CCCC4)CC2)n1. The van der Waals surface area contributed by atoms with Crippen molar-refractivity contribution in [3.8, 4) is 0 Å². The van der Waals surface area contributed by atoms with Gasteiger partial charge in [-0.3, -0.25) is 0 Å². The maximum atomic E-state index is 13.0. The number of nitrogens with one attached hydrogen (secondary N) is 2. The van der Waals surface area contributed by atoms with Crippen LogP contribution in [-0.4, -0.2) is 46.8 Å². The van der Waals surface area contributed by atoms with E-state index in [1.165, 1.54) is 31.2 Å². The molecule has 1 atom stereocenters. The first kappa shape index (κ1) is 30.3. The van der Waals surface area contributed by atoms with E-state index in [0.29, 0.717) is 36.0 Å². The highest BCUT2D eigenvalue weighted by Crippen LogP contribution is 2.42.